The molecule has 1 aromatic heterocycles. The molecule has 0 spiro atoms. The fourth-order valence-electron chi connectivity index (χ4n) is 3.01. The number of aromatic carboxylic acids is 1. The standard InChI is InChI=1S/C15H23N3O2/c1-5-17-6-7-18(9-11(17)3)13-8-10(2)16-12(4)14(13)15(19)20/h8,11H,5-7,9H2,1-4H3,(H,19,20). The van der Waals surface area contributed by atoms with Gasteiger partial charge in [0, 0.05) is 31.4 Å². The number of nitrogens with zero attached hydrogens (tertiary/aromatic N) is 3. The first kappa shape index (κ1) is 14.8. The number of hydrogen-bond acceptors (Lipinski definition) is 4. The number of aromatic nitrogens is 1. The number of anilines is 1. The van der Waals surface area contributed by atoms with Gasteiger partial charge in [-0.1, -0.05) is 6.92 Å². The topological polar surface area (TPSA) is 56.7 Å². The maximum Gasteiger partial charge on any atom is 0.339 e. The number of aryl methyl sites for hydroxylation is 2. The van der Waals surface area contributed by atoms with Crippen LogP contribution in [0.4, 0.5) is 5.69 Å². The van der Waals surface area contributed by atoms with Crippen molar-refractivity contribution in [2.24, 2.45) is 0 Å². The zero-order chi connectivity index (χ0) is 14.9. The van der Waals surface area contributed by atoms with Crippen molar-refractivity contribution < 1.29 is 9.90 Å². The number of hydrogen-bond donors (Lipinski definition) is 1. The Bertz CT molecular complexity index is 516. The molecule has 0 aromatic carbocycles. The summed E-state index contributed by atoms with van der Waals surface area (Å²) < 4.78 is 0. The molecule has 1 aliphatic rings. The van der Waals surface area contributed by atoms with Crippen molar-refractivity contribution in [3.05, 3.63) is 23.0 Å². The summed E-state index contributed by atoms with van der Waals surface area (Å²) in [4.78, 5) is 20.4. The molecule has 1 saturated heterocycles. The van der Waals surface area contributed by atoms with Crippen LogP contribution < -0.4 is 4.90 Å². The Morgan fingerprint density at radius 2 is 2.15 bits per heavy atom. The molecule has 5 heteroatoms. The minimum absolute atomic E-state index is 0.341. The third kappa shape index (κ3) is 2.77. The van der Waals surface area contributed by atoms with Gasteiger partial charge in [0.25, 0.3) is 0 Å². The van der Waals surface area contributed by atoms with Crippen LogP contribution in [-0.2, 0) is 0 Å². The van der Waals surface area contributed by atoms with E-state index in [1.807, 2.05) is 13.0 Å². The molecule has 1 aliphatic heterocycles. The van der Waals surface area contributed by atoms with Gasteiger partial charge in [0.2, 0.25) is 0 Å². The molecular formula is C15H23N3O2. The summed E-state index contributed by atoms with van der Waals surface area (Å²) in [6.45, 7) is 11.8. The highest BCUT2D eigenvalue weighted by Gasteiger charge is 2.26. The Morgan fingerprint density at radius 1 is 1.45 bits per heavy atom. The van der Waals surface area contributed by atoms with E-state index in [0.29, 0.717) is 17.3 Å². The second-order valence-corrected chi connectivity index (χ2v) is 5.47. The van der Waals surface area contributed by atoms with Crippen LogP contribution in [0.2, 0.25) is 0 Å². The molecule has 1 aromatic rings. The molecule has 110 valence electrons. The highest BCUT2D eigenvalue weighted by Crippen LogP contribution is 2.26. The van der Waals surface area contributed by atoms with Crippen LogP contribution in [0.25, 0.3) is 0 Å². The Balaban J connectivity index is 2.35. The molecule has 0 saturated carbocycles. The van der Waals surface area contributed by atoms with Crippen molar-refractivity contribution in [3.63, 3.8) is 0 Å². The van der Waals surface area contributed by atoms with E-state index in [2.05, 4.69) is 28.6 Å². The fraction of sp³-hybridized carbons (Fsp3) is 0.600. The molecule has 1 N–H and O–H groups in total. The van der Waals surface area contributed by atoms with Gasteiger partial charge in [0.1, 0.15) is 5.56 Å². The quantitative estimate of drug-likeness (QED) is 0.915. The summed E-state index contributed by atoms with van der Waals surface area (Å²) in [7, 11) is 0. The van der Waals surface area contributed by atoms with Crippen molar-refractivity contribution in [1.82, 2.24) is 9.88 Å². The predicted molar refractivity (Wildman–Crippen MR) is 79.6 cm³/mol. The summed E-state index contributed by atoms with van der Waals surface area (Å²) >= 11 is 0. The average molecular weight is 277 g/mol. The number of carboxylic acids is 1. The predicted octanol–water partition coefficient (Wildman–Crippen LogP) is 1.93. The number of piperazine rings is 1. The molecule has 0 amide bonds. The molecular weight excluding hydrogens is 254 g/mol. The zero-order valence-electron chi connectivity index (χ0n) is 12.7. The van der Waals surface area contributed by atoms with Gasteiger partial charge in [-0.25, -0.2) is 4.79 Å². The van der Waals surface area contributed by atoms with E-state index < -0.39 is 5.97 Å². The molecule has 0 radical (unpaired) electrons. The number of rotatable bonds is 3. The Morgan fingerprint density at radius 3 is 2.70 bits per heavy atom. The van der Waals surface area contributed by atoms with Gasteiger partial charge in [-0.2, -0.15) is 0 Å². The lowest BCUT2D eigenvalue weighted by atomic mass is 10.1. The fourth-order valence-corrected chi connectivity index (χ4v) is 3.01. The largest absolute Gasteiger partial charge is 0.478 e. The van der Waals surface area contributed by atoms with E-state index >= 15 is 0 Å². The Labute approximate surface area is 120 Å². The van der Waals surface area contributed by atoms with Crippen LogP contribution in [0.1, 0.15) is 35.6 Å². The van der Waals surface area contributed by atoms with Crippen molar-refractivity contribution in [1.29, 1.82) is 0 Å². The molecule has 0 bridgehead atoms. The zero-order valence-corrected chi connectivity index (χ0v) is 12.7. The van der Waals surface area contributed by atoms with Crippen LogP contribution in [-0.4, -0.2) is 53.2 Å². The number of carbonyl (C=O) groups is 1. The van der Waals surface area contributed by atoms with Crippen LogP contribution in [0.3, 0.4) is 0 Å². The second-order valence-electron chi connectivity index (χ2n) is 5.47. The Hall–Kier alpha value is -1.62. The first-order chi connectivity index (χ1) is 9.43. The lowest BCUT2D eigenvalue weighted by Crippen LogP contribution is -2.52. The van der Waals surface area contributed by atoms with Gasteiger partial charge in [0.15, 0.2) is 0 Å². The van der Waals surface area contributed by atoms with Crippen molar-refractivity contribution in [2.75, 3.05) is 31.1 Å². The van der Waals surface area contributed by atoms with E-state index in [-0.39, 0.29) is 0 Å². The first-order valence-electron chi connectivity index (χ1n) is 7.14. The van der Waals surface area contributed by atoms with Gasteiger partial charge >= 0.3 is 5.97 Å². The van der Waals surface area contributed by atoms with Crippen molar-refractivity contribution >= 4 is 11.7 Å². The lowest BCUT2D eigenvalue weighted by molar-refractivity contribution is 0.0696. The SMILES string of the molecule is CCN1CCN(c2cc(C)nc(C)c2C(=O)O)CC1C. The summed E-state index contributed by atoms with van der Waals surface area (Å²) in [6, 6.07) is 2.33. The van der Waals surface area contributed by atoms with Crippen LogP contribution in [0.15, 0.2) is 6.07 Å². The maximum atomic E-state index is 11.5. The van der Waals surface area contributed by atoms with Crippen molar-refractivity contribution in [2.45, 2.75) is 33.7 Å². The third-order valence-electron chi connectivity index (χ3n) is 4.03. The molecule has 2 rings (SSSR count). The first-order valence-corrected chi connectivity index (χ1v) is 7.14. The summed E-state index contributed by atoms with van der Waals surface area (Å²) in [5.41, 5.74) is 2.61. The molecule has 0 aliphatic carbocycles. The van der Waals surface area contributed by atoms with E-state index in [9.17, 15) is 9.90 Å². The molecule has 1 unspecified atom stereocenters. The smallest absolute Gasteiger partial charge is 0.339 e. The van der Waals surface area contributed by atoms with Gasteiger partial charge < -0.3 is 10.0 Å². The van der Waals surface area contributed by atoms with E-state index in [1.54, 1.807) is 6.92 Å². The molecule has 2 heterocycles. The lowest BCUT2D eigenvalue weighted by Gasteiger charge is -2.41. The summed E-state index contributed by atoms with van der Waals surface area (Å²) in [6.07, 6.45) is 0. The summed E-state index contributed by atoms with van der Waals surface area (Å²) in [5.74, 6) is -0.893. The van der Waals surface area contributed by atoms with Crippen LogP contribution >= 0.6 is 0 Å². The molecule has 20 heavy (non-hydrogen) atoms. The number of likely N-dealkylation sites (N-methyl/N-ethyl adjacent to an activating group) is 1. The van der Waals surface area contributed by atoms with Crippen molar-refractivity contribution in [3.8, 4) is 0 Å². The normalized spacial score (nSPS) is 20.2. The van der Waals surface area contributed by atoms with E-state index in [0.717, 1.165) is 37.6 Å². The van der Waals surface area contributed by atoms with Gasteiger partial charge in [-0.15, -0.1) is 0 Å². The minimum Gasteiger partial charge on any atom is -0.478 e. The number of pyridine rings is 1. The van der Waals surface area contributed by atoms with E-state index in [4.69, 9.17) is 0 Å². The highest BCUT2D eigenvalue weighted by molar-refractivity contribution is 5.95. The minimum atomic E-state index is -0.893. The molecule has 1 atom stereocenters. The van der Waals surface area contributed by atoms with Gasteiger partial charge in [0.05, 0.1) is 11.4 Å². The maximum absolute atomic E-state index is 11.5. The van der Waals surface area contributed by atoms with Gasteiger partial charge in [-0.3, -0.25) is 9.88 Å². The van der Waals surface area contributed by atoms with E-state index in [1.165, 1.54) is 0 Å². The monoisotopic (exact) mass is 277 g/mol. The second kappa shape index (κ2) is 5.79. The number of carboxylic acid groups (broad SMARTS) is 1. The third-order valence-corrected chi connectivity index (χ3v) is 4.03. The summed E-state index contributed by atoms with van der Waals surface area (Å²) in [5, 5.41) is 9.46. The average Bonchev–Trinajstić information content (AvgIpc) is 2.37. The highest BCUT2D eigenvalue weighted by atomic mass is 16.4. The van der Waals surface area contributed by atoms with Crippen LogP contribution in [0, 0.1) is 13.8 Å². The van der Waals surface area contributed by atoms with Gasteiger partial charge in [-0.05, 0) is 33.4 Å². The molecule has 5 nitrogen and oxygen atoms in total. The van der Waals surface area contributed by atoms with Crippen LogP contribution in [0.5, 0.6) is 0 Å². The Kier molecular flexibility index (Phi) is 4.28. The molecule has 1 fully saturated rings.